The van der Waals surface area contributed by atoms with Crippen LogP contribution in [0.2, 0.25) is 0 Å². The molecule has 0 radical (unpaired) electrons. The first kappa shape index (κ1) is 19.9. The van der Waals surface area contributed by atoms with Gasteiger partial charge in [-0.1, -0.05) is 31.2 Å². The number of aryl methyl sites for hydroxylation is 1. The minimum Gasteiger partial charge on any atom is -0.355 e. The zero-order valence-electron chi connectivity index (χ0n) is 17.3. The van der Waals surface area contributed by atoms with Crippen LogP contribution >= 0.6 is 0 Å². The number of hydrogen-bond donors (Lipinski definition) is 2. The van der Waals surface area contributed by atoms with Gasteiger partial charge in [-0.2, -0.15) is 0 Å². The summed E-state index contributed by atoms with van der Waals surface area (Å²) < 4.78 is 0. The van der Waals surface area contributed by atoms with Gasteiger partial charge in [-0.3, -0.25) is 0 Å². The lowest BCUT2D eigenvalue weighted by atomic mass is 10.1. The number of rotatable bonds is 5. The average Bonchev–Trinajstić information content (AvgIpc) is 2.80. The summed E-state index contributed by atoms with van der Waals surface area (Å²) in [6, 6.07) is 19.2. The van der Waals surface area contributed by atoms with Crippen LogP contribution in [0.25, 0.3) is 11.3 Å². The number of anilines is 3. The molecule has 2 aromatic carbocycles. The van der Waals surface area contributed by atoms with Gasteiger partial charge in [0.15, 0.2) is 5.82 Å². The molecule has 0 bridgehead atoms. The zero-order valence-corrected chi connectivity index (χ0v) is 17.3. The van der Waals surface area contributed by atoms with Crippen LogP contribution in [0.5, 0.6) is 0 Å². The molecule has 154 valence electrons. The highest BCUT2D eigenvalue weighted by atomic mass is 16.2. The van der Waals surface area contributed by atoms with Gasteiger partial charge in [-0.05, 0) is 67.6 Å². The van der Waals surface area contributed by atoms with Crippen LogP contribution in [-0.4, -0.2) is 29.3 Å². The van der Waals surface area contributed by atoms with Crippen molar-refractivity contribution in [3.8, 4) is 11.3 Å². The summed E-state index contributed by atoms with van der Waals surface area (Å²) in [7, 11) is 0. The fourth-order valence-electron chi connectivity index (χ4n) is 3.64. The van der Waals surface area contributed by atoms with Crippen molar-refractivity contribution in [1.29, 1.82) is 0 Å². The van der Waals surface area contributed by atoms with E-state index in [4.69, 9.17) is 0 Å². The Balaban J connectivity index is 1.41. The Morgan fingerprint density at radius 1 is 0.900 bits per heavy atom. The van der Waals surface area contributed by atoms with Gasteiger partial charge in [0.25, 0.3) is 0 Å². The van der Waals surface area contributed by atoms with Crippen LogP contribution in [0.3, 0.4) is 0 Å². The highest BCUT2D eigenvalue weighted by Crippen LogP contribution is 2.23. The van der Waals surface area contributed by atoms with Gasteiger partial charge in [-0.25, -0.2) is 4.79 Å². The molecule has 1 aliphatic rings. The van der Waals surface area contributed by atoms with Crippen LogP contribution in [0, 0.1) is 0 Å². The van der Waals surface area contributed by atoms with E-state index < -0.39 is 0 Å². The van der Waals surface area contributed by atoms with Gasteiger partial charge < -0.3 is 15.5 Å². The second-order valence-corrected chi connectivity index (χ2v) is 7.53. The molecule has 2 N–H and O–H groups in total. The van der Waals surface area contributed by atoms with E-state index >= 15 is 0 Å². The Morgan fingerprint density at radius 3 is 2.37 bits per heavy atom. The summed E-state index contributed by atoms with van der Waals surface area (Å²) in [5.41, 5.74) is 4.41. The predicted octanol–water partition coefficient (Wildman–Crippen LogP) is 5.34. The predicted molar refractivity (Wildman–Crippen MR) is 122 cm³/mol. The summed E-state index contributed by atoms with van der Waals surface area (Å²) in [4.78, 5) is 14.6. The Morgan fingerprint density at radius 2 is 1.67 bits per heavy atom. The molecule has 0 aliphatic carbocycles. The summed E-state index contributed by atoms with van der Waals surface area (Å²) in [5, 5.41) is 14.6. The van der Waals surface area contributed by atoms with Crippen LogP contribution in [-0.2, 0) is 6.42 Å². The van der Waals surface area contributed by atoms with E-state index in [1.807, 2.05) is 60.7 Å². The van der Waals surface area contributed by atoms with Crippen molar-refractivity contribution in [2.24, 2.45) is 0 Å². The minimum absolute atomic E-state index is 0.275. The van der Waals surface area contributed by atoms with Crippen LogP contribution in [0.1, 0.15) is 31.7 Å². The molecule has 3 aromatic rings. The molecule has 0 saturated carbocycles. The molecule has 1 aromatic heterocycles. The third-order valence-electron chi connectivity index (χ3n) is 5.37. The maximum absolute atomic E-state index is 12.3. The fourth-order valence-corrected chi connectivity index (χ4v) is 3.64. The number of nitrogens with one attached hydrogen (secondary N) is 2. The Kier molecular flexibility index (Phi) is 6.23. The molecule has 30 heavy (non-hydrogen) atoms. The van der Waals surface area contributed by atoms with Gasteiger partial charge in [-0.15, -0.1) is 10.2 Å². The van der Waals surface area contributed by atoms with Gasteiger partial charge in [0.2, 0.25) is 0 Å². The number of piperidine rings is 1. The number of nitrogens with zero attached hydrogens (tertiary/aromatic N) is 3. The Labute approximate surface area is 177 Å². The second kappa shape index (κ2) is 9.39. The third kappa shape index (κ3) is 4.95. The molecule has 4 rings (SSSR count). The first-order valence-corrected chi connectivity index (χ1v) is 10.6. The molecule has 2 heterocycles. The van der Waals surface area contributed by atoms with Crippen molar-refractivity contribution in [3.05, 3.63) is 66.2 Å². The monoisotopic (exact) mass is 401 g/mol. The van der Waals surface area contributed by atoms with Crippen molar-refractivity contribution < 1.29 is 4.79 Å². The lowest BCUT2D eigenvalue weighted by Gasteiger charge is -2.27. The highest BCUT2D eigenvalue weighted by Gasteiger charge is 2.13. The Hall–Kier alpha value is -3.41. The number of hydrogen-bond acceptors (Lipinski definition) is 4. The smallest absolute Gasteiger partial charge is 0.323 e. The van der Waals surface area contributed by atoms with Crippen molar-refractivity contribution in [2.75, 3.05) is 28.6 Å². The molecule has 0 unspecified atom stereocenters. The van der Waals surface area contributed by atoms with E-state index in [0.29, 0.717) is 5.69 Å². The SMILES string of the molecule is CCc1ccc(NC(=O)Nc2cccc(-c3ccc(N4CCCCC4)nn3)c2)cc1. The average molecular weight is 402 g/mol. The fraction of sp³-hybridized carbons (Fsp3) is 0.292. The summed E-state index contributed by atoms with van der Waals surface area (Å²) in [6.07, 6.45) is 4.69. The van der Waals surface area contributed by atoms with E-state index in [1.54, 1.807) is 0 Å². The quantitative estimate of drug-likeness (QED) is 0.605. The van der Waals surface area contributed by atoms with E-state index in [2.05, 4.69) is 32.7 Å². The second-order valence-electron chi connectivity index (χ2n) is 7.53. The van der Waals surface area contributed by atoms with Crippen molar-refractivity contribution >= 4 is 23.2 Å². The van der Waals surface area contributed by atoms with Gasteiger partial charge in [0.1, 0.15) is 0 Å². The molecule has 1 aliphatic heterocycles. The molecule has 0 spiro atoms. The number of urea groups is 1. The van der Waals surface area contributed by atoms with Gasteiger partial charge >= 0.3 is 6.03 Å². The maximum Gasteiger partial charge on any atom is 0.323 e. The van der Waals surface area contributed by atoms with Gasteiger partial charge in [0.05, 0.1) is 5.69 Å². The summed E-state index contributed by atoms with van der Waals surface area (Å²) in [5.74, 6) is 0.932. The van der Waals surface area contributed by atoms with Crippen LogP contribution in [0.4, 0.5) is 22.0 Å². The third-order valence-corrected chi connectivity index (χ3v) is 5.37. The van der Waals surface area contributed by atoms with E-state index in [9.17, 15) is 4.79 Å². The molecule has 6 heteroatoms. The lowest BCUT2D eigenvalue weighted by Crippen LogP contribution is -2.30. The number of amides is 2. The first-order chi connectivity index (χ1) is 14.7. The first-order valence-electron chi connectivity index (χ1n) is 10.6. The van der Waals surface area contributed by atoms with Gasteiger partial charge in [0, 0.05) is 30.0 Å². The van der Waals surface area contributed by atoms with Crippen molar-refractivity contribution in [1.82, 2.24) is 10.2 Å². The largest absolute Gasteiger partial charge is 0.355 e. The van der Waals surface area contributed by atoms with Crippen molar-refractivity contribution in [3.63, 3.8) is 0 Å². The molecular formula is C24H27N5O. The molecule has 1 fully saturated rings. The highest BCUT2D eigenvalue weighted by molar-refractivity contribution is 6.00. The summed E-state index contributed by atoms with van der Waals surface area (Å²) in [6.45, 7) is 4.20. The number of benzene rings is 2. The topological polar surface area (TPSA) is 70.2 Å². The number of aromatic nitrogens is 2. The standard InChI is InChI=1S/C24H27N5O/c1-2-18-9-11-20(12-10-18)25-24(30)26-21-8-6-7-19(17-21)22-13-14-23(28-27-22)29-15-4-3-5-16-29/h6-14,17H,2-5,15-16H2,1H3,(H2,25,26,30). The number of carbonyl (C=O) groups is 1. The molecule has 6 nitrogen and oxygen atoms in total. The van der Waals surface area contributed by atoms with Crippen molar-refractivity contribution in [2.45, 2.75) is 32.6 Å². The lowest BCUT2D eigenvalue weighted by molar-refractivity contribution is 0.262. The van der Waals surface area contributed by atoms with E-state index in [-0.39, 0.29) is 6.03 Å². The molecular weight excluding hydrogens is 374 g/mol. The molecule has 1 saturated heterocycles. The number of carbonyl (C=O) groups excluding carboxylic acids is 1. The Bertz CT molecular complexity index is 979. The minimum atomic E-state index is -0.275. The molecule has 0 atom stereocenters. The molecule has 2 amide bonds. The van der Waals surface area contributed by atoms with E-state index in [1.165, 1.54) is 24.8 Å². The van der Waals surface area contributed by atoms with Crippen LogP contribution in [0.15, 0.2) is 60.7 Å². The van der Waals surface area contributed by atoms with E-state index in [0.717, 1.165) is 42.3 Å². The normalized spacial score (nSPS) is 13.7. The zero-order chi connectivity index (χ0) is 20.8. The van der Waals surface area contributed by atoms with Crippen LogP contribution < -0.4 is 15.5 Å². The maximum atomic E-state index is 12.3. The summed E-state index contributed by atoms with van der Waals surface area (Å²) >= 11 is 0.